The van der Waals surface area contributed by atoms with Crippen molar-refractivity contribution in [3.8, 4) is 11.3 Å². The quantitative estimate of drug-likeness (QED) is 0.629. The fraction of sp³-hybridized carbons (Fsp3) is 0. The maximum Gasteiger partial charge on any atom is 0.0935 e. The summed E-state index contributed by atoms with van der Waals surface area (Å²) in [5.74, 6) is 0. The molecule has 1 aromatic carbocycles. The Balaban J connectivity index is 2.46. The highest BCUT2D eigenvalue weighted by Gasteiger charge is 1.94. The second-order valence-electron chi connectivity index (χ2n) is 2.41. The predicted octanol–water partition coefficient (Wildman–Crippen LogP) is 1.94. The van der Waals surface area contributed by atoms with Crippen molar-refractivity contribution in [2.45, 2.75) is 0 Å². The summed E-state index contributed by atoms with van der Waals surface area (Å²) in [6.45, 7) is 0. The van der Waals surface area contributed by atoms with E-state index in [1.54, 1.807) is 6.20 Å². The third-order valence-corrected chi connectivity index (χ3v) is 1.59. The molecule has 0 fully saturated rings. The standard InChI is InChI=1S/C10H7N2/c1-2-5-9(6-3-1)10-7-4-8-11-12-10/h1-3,5-8H. The molecule has 0 saturated heterocycles. The molecule has 1 radical (unpaired) electrons. The van der Waals surface area contributed by atoms with Crippen LogP contribution in [0.2, 0.25) is 0 Å². The number of hydrogen-bond acceptors (Lipinski definition) is 2. The van der Waals surface area contributed by atoms with Crippen molar-refractivity contribution >= 4 is 0 Å². The predicted molar refractivity (Wildman–Crippen MR) is 46.3 cm³/mol. The van der Waals surface area contributed by atoms with Crippen LogP contribution in [0.4, 0.5) is 0 Å². The lowest BCUT2D eigenvalue weighted by Gasteiger charge is -1.95. The fourth-order valence-electron chi connectivity index (χ4n) is 1.02. The van der Waals surface area contributed by atoms with Crippen molar-refractivity contribution in [2.75, 3.05) is 0 Å². The molecule has 2 rings (SSSR count). The van der Waals surface area contributed by atoms with Crippen LogP contribution in [0.5, 0.6) is 0 Å². The highest BCUT2D eigenvalue weighted by molar-refractivity contribution is 5.57. The minimum Gasteiger partial charge on any atom is -0.158 e. The zero-order valence-corrected chi connectivity index (χ0v) is 6.44. The van der Waals surface area contributed by atoms with Crippen LogP contribution >= 0.6 is 0 Å². The van der Waals surface area contributed by atoms with E-state index >= 15 is 0 Å². The highest BCUT2D eigenvalue weighted by Crippen LogP contribution is 2.13. The molecule has 0 bridgehead atoms. The van der Waals surface area contributed by atoms with Crippen molar-refractivity contribution in [3.63, 3.8) is 0 Å². The van der Waals surface area contributed by atoms with Gasteiger partial charge in [-0.25, -0.2) is 0 Å². The number of nitrogens with zero attached hydrogens (tertiary/aromatic N) is 2. The molecule has 2 nitrogen and oxygen atoms in total. The lowest BCUT2D eigenvalue weighted by Crippen LogP contribution is -1.84. The maximum absolute atomic E-state index is 3.97. The number of aromatic nitrogens is 2. The Bertz CT molecular complexity index is 305. The number of hydrogen-bond donors (Lipinski definition) is 0. The fourth-order valence-corrected chi connectivity index (χ4v) is 1.02. The first-order valence-corrected chi connectivity index (χ1v) is 3.71. The molecule has 0 aliphatic rings. The average Bonchev–Trinajstić information content (AvgIpc) is 2.21. The maximum atomic E-state index is 3.97. The van der Waals surface area contributed by atoms with Gasteiger partial charge in [-0.05, 0) is 6.07 Å². The Kier molecular flexibility index (Phi) is 1.82. The molecule has 57 valence electrons. The molecule has 1 heterocycles. The van der Waals surface area contributed by atoms with Crippen LogP contribution in [-0.4, -0.2) is 10.2 Å². The smallest absolute Gasteiger partial charge is 0.0935 e. The molecule has 0 aliphatic carbocycles. The molecule has 0 unspecified atom stereocenters. The highest BCUT2D eigenvalue weighted by atomic mass is 15.1. The third kappa shape index (κ3) is 1.32. The Labute approximate surface area is 70.9 Å². The summed E-state index contributed by atoms with van der Waals surface area (Å²) >= 11 is 0. The van der Waals surface area contributed by atoms with Gasteiger partial charge in [0.2, 0.25) is 0 Å². The third-order valence-electron chi connectivity index (χ3n) is 1.59. The van der Waals surface area contributed by atoms with E-state index in [4.69, 9.17) is 0 Å². The van der Waals surface area contributed by atoms with Gasteiger partial charge >= 0.3 is 0 Å². The largest absolute Gasteiger partial charge is 0.158 e. The number of rotatable bonds is 1. The molecular formula is C10H7N2. The molecule has 0 aliphatic heterocycles. The topological polar surface area (TPSA) is 25.8 Å². The molecular weight excluding hydrogens is 148 g/mol. The van der Waals surface area contributed by atoms with Crippen molar-refractivity contribution < 1.29 is 0 Å². The summed E-state index contributed by atoms with van der Waals surface area (Å²) in [5.41, 5.74) is 1.93. The van der Waals surface area contributed by atoms with E-state index in [-0.39, 0.29) is 0 Å². The molecule has 0 saturated carbocycles. The zero-order chi connectivity index (χ0) is 8.23. The molecule has 2 aromatic rings. The SMILES string of the molecule is [c]1cnnc(-c2ccccc2)c1. The van der Waals surface area contributed by atoms with Crippen molar-refractivity contribution in [3.05, 3.63) is 48.7 Å². The zero-order valence-electron chi connectivity index (χ0n) is 6.44. The first kappa shape index (κ1) is 6.98. The summed E-state index contributed by atoms with van der Waals surface area (Å²) in [6.07, 6.45) is 1.55. The van der Waals surface area contributed by atoms with Gasteiger partial charge in [0.25, 0.3) is 0 Å². The van der Waals surface area contributed by atoms with Gasteiger partial charge in [0, 0.05) is 11.6 Å². The molecule has 12 heavy (non-hydrogen) atoms. The Morgan fingerprint density at radius 1 is 1.08 bits per heavy atom. The van der Waals surface area contributed by atoms with E-state index in [1.807, 2.05) is 36.4 Å². The van der Waals surface area contributed by atoms with E-state index in [9.17, 15) is 0 Å². The van der Waals surface area contributed by atoms with Crippen LogP contribution in [-0.2, 0) is 0 Å². The van der Waals surface area contributed by atoms with Gasteiger partial charge < -0.3 is 0 Å². The second kappa shape index (κ2) is 3.13. The van der Waals surface area contributed by atoms with Gasteiger partial charge in [-0.3, -0.25) is 0 Å². The van der Waals surface area contributed by atoms with E-state index < -0.39 is 0 Å². The van der Waals surface area contributed by atoms with Gasteiger partial charge in [-0.1, -0.05) is 30.3 Å². The molecule has 2 heteroatoms. The van der Waals surface area contributed by atoms with Crippen molar-refractivity contribution in [2.24, 2.45) is 0 Å². The van der Waals surface area contributed by atoms with Crippen molar-refractivity contribution in [1.82, 2.24) is 10.2 Å². The van der Waals surface area contributed by atoms with Crippen LogP contribution in [0.25, 0.3) is 11.3 Å². The lowest BCUT2D eigenvalue weighted by atomic mass is 10.1. The summed E-state index contributed by atoms with van der Waals surface area (Å²) in [4.78, 5) is 0. The molecule has 0 atom stereocenters. The summed E-state index contributed by atoms with van der Waals surface area (Å²) in [6, 6.07) is 14.6. The minimum absolute atomic E-state index is 0.859. The van der Waals surface area contributed by atoms with E-state index in [0.717, 1.165) is 11.3 Å². The molecule has 1 aromatic heterocycles. The summed E-state index contributed by atoms with van der Waals surface area (Å²) in [5, 5.41) is 7.72. The molecule has 0 amide bonds. The first-order chi connectivity index (χ1) is 5.97. The minimum atomic E-state index is 0.859. The van der Waals surface area contributed by atoms with E-state index in [2.05, 4.69) is 16.3 Å². The van der Waals surface area contributed by atoms with Crippen LogP contribution in [0, 0.1) is 6.07 Å². The van der Waals surface area contributed by atoms with E-state index in [0.29, 0.717) is 0 Å². The molecule has 0 spiro atoms. The summed E-state index contributed by atoms with van der Waals surface area (Å²) < 4.78 is 0. The van der Waals surface area contributed by atoms with Gasteiger partial charge in [-0.2, -0.15) is 10.2 Å². The monoisotopic (exact) mass is 155 g/mol. The van der Waals surface area contributed by atoms with Crippen LogP contribution in [0.3, 0.4) is 0 Å². The number of benzene rings is 1. The first-order valence-electron chi connectivity index (χ1n) is 3.71. The van der Waals surface area contributed by atoms with E-state index in [1.165, 1.54) is 0 Å². The average molecular weight is 155 g/mol. The van der Waals surface area contributed by atoms with Crippen LogP contribution in [0.1, 0.15) is 0 Å². The van der Waals surface area contributed by atoms with Crippen LogP contribution < -0.4 is 0 Å². The van der Waals surface area contributed by atoms with Crippen LogP contribution in [0.15, 0.2) is 42.6 Å². The van der Waals surface area contributed by atoms with Gasteiger partial charge in [0.15, 0.2) is 0 Å². The Morgan fingerprint density at radius 2 is 1.92 bits per heavy atom. The van der Waals surface area contributed by atoms with Gasteiger partial charge in [0.1, 0.15) is 0 Å². The van der Waals surface area contributed by atoms with Gasteiger partial charge in [0.05, 0.1) is 11.9 Å². The lowest BCUT2D eigenvalue weighted by molar-refractivity contribution is 1.04. The van der Waals surface area contributed by atoms with Gasteiger partial charge in [-0.15, -0.1) is 0 Å². The van der Waals surface area contributed by atoms with Crippen molar-refractivity contribution in [1.29, 1.82) is 0 Å². The Morgan fingerprint density at radius 3 is 2.58 bits per heavy atom. The molecule has 0 N–H and O–H groups in total. The Hall–Kier alpha value is -1.70. The summed E-state index contributed by atoms with van der Waals surface area (Å²) in [7, 11) is 0. The normalized spacial score (nSPS) is 9.67. The second-order valence-corrected chi connectivity index (χ2v) is 2.41.